The van der Waals surface area contributed by atoms with Crippen LogP contribution in [-0.4, -0.2) is 20.8 Å². The maximum Gasteiger partial charge on any atom is 0.127 e. The Labute approximate surface area is 210 Å². The maximum atomic E-state index is 11.0. The summed E-state index contributed by atoms with van der Waals surface area (Å²) < 4.78 is 6.57. The second-order valence-corrected chi connectivity index (χ2v) is 12.7. The molecule has 0 bridgehead atoms. The molecule has 5 heteroatoms. The van der Waals surface area contributed by atoms with Gasteiger partial charge in [0.1, 0.15) is 22.8 Å². The third kappa shape index (κ3) is 5.05. The molecule has 3 N–H and O–H groups in total. The van der Waals surface area contributed by atoms with Gasteiger partial charge in [-0.1, -0.05) is 53.8 Å². The molecule has 34 heavy (non-hydrogen) atoms. The molecular weight excluding hydrogens is 442 g/mol. The Balaban J connectivity index is 1.88. The molecule has 0 radical (unpaired) electrons. The lowest BCUT2D eigenvalue weighted by atomic mass is 9.79. The number of rotatable bonds is 3. The predicted octanol–water partition coefficient (Wildman–Crippen LogP) is 7.53. The fourth-order valence-corrected chi connectivity index (χ4v) is 5.24. The van der Waals surface area contributed by atoms with Gasteiger partial charge in [0, 0.05) is 28.8 Å². The molecule has 0 saturated heterocycles. The smallest absolute Gasteiger partial charge is 0.127 e. The number of phenols is 2. The molecule has 186 valence electrons. The maximum absolute atomic E-state index is 11.0. The fraction of sp³-hybridized carbons (Fsp3) is 0.552. The van der Waals surface area contributed by atoms with Gasteiger partial charge in [0.2, 0.25) is 0 Å². The summed E-state index contributed by atoms with van der Waals surface area (Å²) in [6.45, 7) is 20.7. The van der Waals surface area contributed by atoms with Crippen molar-refractivity contribution < 1.29 is 14.9 Å². The Morgan fingerprint density at radius 2 is 1.47 bits per heavy atom. The molecule has 1 heterocycles. The van der Waals surface area contributed by atoms with Crippen LogP contribution < -0.4 is 10.1 Å². The zero-order chi connectivity index (χ0) is 25.8. The summed E-state index contributed by atoms with van der Waals surface area (Å²) in [5, 5.41) is 24.9. The summed E-state index contributed by atoms with van der Waals surface area (Å²) in [7, 11) is 0. The highest BCUT2D eigenvalue weighted by atomic mass is 32.1. The van der Waals surface area contributed by atoms with Gasteiger partial charge >= 0.3 is 0 Å². The van der Waals surface area contributed by atoms with Crippen molar-refractivity contribution in [3.63, 3.8) is 0 Å². The first-order valence-electron chi connectivity index (χ1n) is 12.1. The van der Waals surface area contributed by atoms with Gasteiger partial charge in [0.25, 0.3) is 0 Å². The average Bonchev–Trinajstić information content (AvgIpc) is 2.69. The van der Waals surface area contributed by atoms with Crippen molar-refractivity contribution in [1.29, 1.82) is 0 Å². The van der Waals surface area contributed by atoms with Gasteiger partial charge in [-0.3, -0.25) is 0 Å². The zero-order valence-electron chi connectivity index (χ0n) is 22.5. The zero-order valence-corrected chi connectivity index (χ0v) is 23.3. The van der Waals surface area contributed by atoms with E-state index in [1.807, 2.05) is 32.9 Å². The van der Waals surface area contributed by atoms with Gasteiger partial charge in [-0.15, -0.1) is 0 Å². The molecule has 2 aromatic rings. The Bertz CT molecular complexity index is 1100. The normalized spacial score (nSPS) is 18.3. The summed E-state index contributed by atoms with van der Waals surface area (Å²) >= 11 is 5.81. The molecule has 0 aromatic heterocycles. The SMILES string of the molecule is Cc1c(C)c2c(c(C)c1O)CCC(C)(CC(=S)Nc1cc(C(C)(C)C)c(O)c(C(C)(C)C)c1)O2. The van der Waals surface area contributed by atoms with E-state index in [1.165, 1.54) is 0 Å². The molecule has 1 unspecified atom stereocenters. The third-order valence-corrected chi connectivity index (χ3v) is 7.38. The lowest BCUT2D eigenvalue weighted by molar-refractivity contribution is 0.0716. The molecule has 0 saturated carbocycles. The van der Waals surface area contributed by atoms with E-state index in [4.69, 9.17) is 17.0 Å². The average molecular weight is 484 g/mol. The highest BCUT2D eigenvalue weighted by molar-refractivity contribution is 7.80. The van der Waals surface area contributed by atoms with Crippen LogP contribution in [0.5, 0.6) is 17.2 Å². The number of aromatic hydroxyl groups is 2. The van der Waals surface area contributed by atoms with Crippen LogP contribution in [0.1, 0.15) is 94.7 Å². The van der Waals surface area contributed by atoms with E-state index in [0.717, 1.165) is 57.7 Å². The van der Waals surface area contributed by atoms with Gasteiger partial charge in [0.15, 0.2) is 0 Å². The van der Waals surface area contributed by atoms with E-state index < -0.39 is 5.60 Å². The highest BCUT2D eigenvalue weighted by Crippen LogP contribution is 2.45. The summed E-state index contributed by atoms with van der Waals surface area (Å²) in [5.41, 5.74) is 5.73. The van der Waals surface area contributed by atoms with Gasteiger partial charge in [-0.05, 0) is 80.2 Å². The minimum absolute atomic E-state index is 0.204. The van der Waals surface area contributed by atoms with Crippen molar-refractivity contribution in [3.8, 4) is 17.2 Å². The molecule has 1 aliphatic heterocycles. The number of thiocarbonyl (C=S) groups is 1. The Morgan fingerprint density at radius 1 is 0.941 bits per heavy atom. The van der Waals surface area contributed by atoms with E-state index in [-0.39, 0.29) is 10.8 Å². The van der Waals surface area contributed by atoms with Gasteiger partial charge in [0.05, 0.1) is 4.99 Å². The van der Waals surface area contributed by atoms with E-state index in [9.17, 15) is 10.2 Å². The number of hydrogen-bond acceptors (Lipinski definition) is 4. The Morgan fingerprint density at radius 3 is 1.97 bits per heavy atom. The second kappa shape index (κ2) is 8.75. The molecule has 0 amide bonds. The number of ether oxygens (including phenoxy) is 1. The van der Waals surface area contributed by atoms with Crippen LogP contribution in [0.3, 0.4) is 0 Å². The molecule has 2 aromatic carbocycles. The van der Waals surface area contributed by atoms with Crippen LogP contribution in [0.15, 0.2) is 12.1 Å². The molecule has 0 fully saturated rings. The van der Waals surface area contributed by atoms with E-state index in [1.54, 1.807) is 0 Å². The minimum atomic E-state index is -0.436. The van der Waals surface area contributed by atoms with E-state index >= 15 is 0 Å². The van der Waals surface area contributed by atoms with Crippen molar-refractivity contribution in [3.05, 3.63) is 45.5 Å². The van der Waals surface area contributed by atoms with Crippen LogP contribution in [0.25, 0.3) is 0 Å². The Hall–Kier alpha value is -2.27. The lowest BCUT2D eigenvalue weighted by Gasteiger charge is -2.38. The van der Waals surface area contributed by atoms with Crippen molar-refractivity contribution in [1.82, 2.24) is 0 Å². The fourth-order valence-electron chi connectivity index (χ4n) is 4.81. The number of benzene rings is 2. The Kier molecular flexibility index (Phi) is 6.77. The molecule has 0 spiro atoms. The third-order valence-electron chi connectivity index (χ3n) is 7.14. The number of hydrogen-bond donors (Lipinski definition) is 3. The number of anilines is 1. The van der Waals surface area contributed by atoms with Crippen LogP contribution in [0.2, 0.25) is 0 Å². The topological polar surface area (TPSA) is 61.7 Å². The van der Waals surface area contributed by atoms with Crippen molar-refractivity contribution in [2.45, 2.75) is 105 Å². The number of phenolic OH excluding ortho intramolecular Hbond substituents is 2. The van der Waals surface area contributed by atoms with E-state index in [0.29, 0.717) is 22.9 Å². The molecule has 1 atom stereocenters. The predicted molar refractivity (Wildman–Crippen MR) is 146 cm³/mol. The first kappa shape index (κ1) is 26.3. The van der Waals surface area contributed by atoms with Crippen LogP contribution in [0, 0.1) is 20.8 Å². The van der Waals surface area contributed by atoms with Crippen LogP contribution in [-0.2, 0) is 17.3 Å². The molecular formula is C29H41NO3S. The number of fused-ring (bicyclic) bond motifs is 1. The van der Waals surface area contributed by atoms with Crippen molar-refractivity contribution >= 4 is 22.9 Å². The first-order valence-corrected chi connectivity index (χ1v) is 12.5. The van der Waals surface area contributed by atoms with Crippen LogP contribution in [0.4, 0.5) is 5.69 Å². The van der Waals surface area contributed by atoms with Gasteiger partial charge in [-0.2, -0.15) is 0 Å². The van der Waals surface area contributed by atoms with E-state index in [2.05, 4.69) is 53.8 Å². The monoisotopic (exact) mass is 483 g/mol. The summed E-state index contributed by atoms with van der Waals surface area (Å²) in [5.74, 6) is 1.62. The number of nitrogens with one attached hydrogen (secondary N) is 1. The second-order valence-electron chi connectivity index (χ2n) is 12.2. The quantitative estimate of drug-likeness (QED) is 0.311. The molecule has 4 nitrogen and oxygen atoms in total. The first-order chi connectivity index (χ1) is 15.4. The highest BCUT2D eigenvalue weighted by Gasteiger charge is 2.36. The molecule has 0 aliphatic carbocycles. The van der Waals surface area contributed by atoms with Gasteiger partial charge < -0.3 is 20.3 Å². The molecule has 1 aliphatic rings. The minimum Gasteiger partial charge on any atom is -0.507 e. The summed E-state index contributed by atoms with van der Waals surface area (Å²) in [4.78, 5) is 0.709. The standard InChI is InChI=1S/C29H41NO3S/c1-16-17(2)26-20(18(3)24(16)31)11-12-29(10,33-26)15-23(34)30-19-13-21(27(4,5)6)25(32)22(14-19)28(7,8)9/h13-14,31-32H,11-12,15H2,1-10H3,(H,30,34). The summed E-state index contributed by atoms with van der Waals surface area (Å²) in [6, 6.07) is 4.02. The van der Waals surface area contributed by atoms with Gasteiger partial charge in [-0.25, -0.2) is 0 Å². The van der Waals surface area contributed by atoms with Crippen molar-refractivity contribution in [2.24, 2.45) is 0 Å². The summed E-state index contributed by atoms with van der Waals surface area (Å²) in [6.07, 6.45) is 2.24. The van der Waals surface area contributed by atoms with Crippen LogP contribution >= 0.6 is 12.2 Å². The lowest BCUT2D eigenvalue weighted by Crippen LogP contribution is -2.40. The van der Waals surface area contributed by atoms with Crippen molar-refractivity contribution in [2.75, 3.05) is 5.32 Å². The largest absolute Gasteiger partial charge is 0.507 e. The molecule has 3 rings (SSSR count).